The molecule has 0 saturated carbocycles. The fourth-order valence-corrected chi connectivity index (χ4v) is 3.46. The number of hydrogen-bond acceptors (Lipinski definition) is 6. The molecule has 0 bridgehead atoms. The van der Waals surface area contributed by atoms with Crippen LogP contribution >= 0.6 is 0 Å². The number of rotatable bonds is 7. The first-order chi connectivity index (χ1) is 17.2. The molecule has 0 aliphatic carbocycles. The topological polar surface area (TPSA) is 99.6 Å². The van der Waals surface area contributed by atoms with Gasteiger partial charge in [-0.15, -0.1) is 0 Å². The highest BCUT2D eigenvalue weighted by atomic mass is 19.4. The fraction of sp³-hybridized carbons (Fsp3) is 0.0800. The molecule has 182 valence electrons. The van der Waals surface area contributed by atoms with Gasteiger partial charge in [-0.3, -0.25) is 14.9 Å². The Labute approximate surface area is 201 Å². The minimum Gasteiger partial charge on any atom is -0.482 e. The minimum atomic E-state index is -4.61. The molecule has 1 heterocycles. The predicted molar refractivity (Wildman–Crippen MR) is 128 cm³/mol. The number of ether oxygens (including phenoxy) is 1. The van der Waals surface area contributed by atoms with Gasteiger partial charge in [0.05, 0.1) is 27.6 Å². The third-order valence-electron chi connectivity index (χ3n) is 5.08. The van der Waals surface area contributed by atoms with Crippen molar-refractivity contribution in [3.8, 4) is 17.1 Å². The molecule has 8 nitrogen and oxygen atoms in total. The Hall–Kier alpha value is -4.80. The van der Waals surface area contributed by atoms with Crippen LogP contribution in [-0.4, -0.2) is 27.4 Å². The zero-order valence-electron chi connectivity index (χ0n) is 18.5. The van der Waals surface area contributed by atoms with E-state index in [0.29, 0.717) is 0 Å². The first-order valence-electron chi connectivity index (χ1n) is 10.5. The summed E-state index contributed by atoms with van der Waals surface area (Å²) in [6, 6.07) is 14.8. The summed E-state index contributed by atoms with van der Waals surface area (Å²) in [6.07, 6.45) is -2.05. The van der Waals surface area contributed by atoms with Gasteiger partial charge in [-0.25, -0.2) is 4.98 Å². The maximum absolute atomic E-state index is 13.3. The zero-order chi connectivity index (χ0) is 25.9. The number of nitro groups is 1. The highest BCUT2D eigenvalue weighted by molar-refractivity contribution is 5.86. The van der Waals surface area contributed by atoms with Crippen molar-refractivity contribution in [3.63, 3.8) is 0 Å². The summed E-state index contributed by atoms with van der Waals surface area (Å²) >= 11 is 0. The molecule has 4 aromatic rings. The maximum Gasteiger partial charge on any atom is 0.416 e. The average molecular weight is 494 g/mol. The van der Waals surface area contributed by atoms with Gasteiger partial charge >= 0.3 is 11.9 Å². The lowest BCUT2D eigenvalue weighted by molar-refractivity contribution is -0.385. The van der Waals surface area contributed by atoms with Crippen molar-refractivity contribution in [2.75, 3.05) is 6.61 Å². The van der Waals surface area contributed by atoms with Crippen molar-refractivity contribution in [2.45, 2.75) is 6.18 Å². The van der Waals surface area contributed by atoms with Gasteiger partial charge in [-0.05, 0) is 30.3 Å². The van der Waals surface area contributed by atoms with E-state index in [-0.39, 0.29) is 45.9 Å². The van der Waals surface area contributed by atoms with E-state index in [1.807, 2.05) is 0 Å². The predicted octanol–water partition coefficient (Wildman–Crippen LogP) is 5.44. The van der Waals surface area contributed by atoms with Crippen LogP contribution in [0.2, 0.25) is 0 Å². The van der Waals surface area contributed by atoms with Gasteiger partial charge in [-0.2, -0.15) is 22.9 Å². The standard InChI is InChI=1S/C25H17F3N4O4/c1-2-13-36-22-17(8-6-12-21(22)32(34)35)15-29-31-23(16-7-5-9-18(14-16)25(26,27)28)30-20-11-4-3-10-19(20)24(31)33/h2-12,14-15H,1,13H2. The molecule has 0 aliphatic heterocycles. The molecule has 0 spiro atoms. The lowest BCUT2D eigenvalue weighted by atomic mass is 10.1. The van der Waals surface area contributed by atoms with Crippen LogP contribution in [-0.2, 0) is 6.18 Å². The number of nitrogens with zero attached hydrogens (tertiary/aromatic N) is 4. The number of halogens is 3. The van der Waals surface area contributed by atoms with Crippen molar-refractivity contribution in [3.05, 3.63) is 111 Å². The second-order valence-electron chi connectivity index (χ2n) is 7.44. The van der Waals surface area contributed by atoms with Gasteiger partial charge in [0.15, 0.2) is 5.82 Å². The molecule has 0 unspecified atom stereocenters. The number of benzene rings is 3. The highest BCUT2D eigenvalue weighted by Gasteiger charge is 2.31. The SMILES string of the molecule is C=CCOc1c(C=Nn2c(-c3cccc(C(F)(F)F)c3)nc3ccccc3c2=O)cccc1[N+](=O)[O-]. The zero-order valence-corrected chi connectivity index (χ0v) is 18.5. The monoisotopic (exact) mass is 494 g/mol. The van der Waals surface area contributed by atoms with E-state index < -0.39 is 22.2 Å². The van der Waals surface area contributed by atoms with Gasteiger partial charge in [0.2, 0.25) is 5.75 Å². The van der Waals surface area contributed by atoms with E-state index in [9.17, 15) is 28.1 Å². The van der Waals surface area contributed by atoms with Crippen molar-refractivity contribution in [2.24, 2.45) is 5.10 Å². The Kier molecular flexibility index (Phi) is 6.64. The van der Waals surface area contributed by atoms with Crippen LogP contribution < -0.4 is 10.3 Å². The number of aromatic nitrogens is 2. The largest absolute Gasteiger partial charge is 0.482 e. The van der Waals surface area contributed by atoms with Crippen molar-refractivity contribution in [1.82, 2.24) is 9.66 Å². The van der Waals surface area contributed by atoms with Gasteiger partial charge < -0.3 is 4.74 Å². The molecule has 0 saturated heterocycles. The second-order valence-corrected chi connectivity index (χ2v) is 7.44. The third kappa shape index (κ3) is 4.85. The van der Waals surface area contributed by atoms with Crippen LogP contribution in [0.25, 0.3) is 22.3 Å². The second kappa shape index (κ2) is 9.82. The van der Waals surface area contributed by atoms with E-state index in [0.717, 1.165) is 23.0 Å². The molecule has 36 heavy (non-hydrogen) atoms. The summed E-state index contributed by atoms with van der Waals surface area (Å²) in [5.41, 5.74) is -1.44. The first-order valence-corrected chi connectivity index (χ1v) is 10.5. The number of hydrogen-bond donors (Lipinski definition) is 0. The Morgan fingerprint density at radius 1 is 1.11 bits per heavy atom. The van der Waals surface area contributed by atoms with E-state index in [4.69, 9.17) is 4.74 Å². The van der Waals surface area contributed by atoms with Crippen LogP contribution in [0.5, 0.6) is 5.75 Å². The number of nitro benzene ring substituents is 1. The molecule has 11 heteroatoms. The van der Waals surface area contributed by atoms with Crippen molar-refractivity contribution < 1.29 is 22.8 Å². The van der Waals surface area contributed by atoms with Gasteiger partial charge in [0.1, 0.15) is 6.61 Å². The van der Waals surface area contributed by atoms with Crippen LogP contribution in [0.15, 0.2) is 89.3 Å². The molecule has 0 N–H and O–H groups in total. The molecule has 1 aromatic heterocycles. The highest BCUT2D eigenvalue weighted by Crippen LogP contribution is 2.32. The van der Waals surface area contributed by atoms with E-state index in [1.165, 1.54) is 42.5 Å². The molecule has 0 amide bonds. The van der Waals surface area contributed by atoms with Gasteiger partial charge in [0, 0.05) is 17.2 Å². The molecule has 4 rings (SSSR count). The Morgan fingerprint density at radius 2 is 1.86 bits per heavy atom. The van der Waals surface area contributed by atoms with Gasteiger partial charge in [-0.1, -0.05) is 43.0 Å². The summed E-state index contributed by atoms with van der Waals surface area (Å²) in [6.45, 7) is 3.49. The molecule has 0 atom stereocenters. The summed E-state index contributed by atoms with van der Waals surface area (Å²) in [5, 5.41) is 15.8. The molecule has 3 aromatic carbocycles. The van der Waals surface area contributed by atoms with Crippen LogP contribution in [0.4, 0.5) is 18.9 Å². The Bertz CT molecular complexity index is 1560. The van der Waals surface area contributed by atoms with E-state index >= 15 is 0 Å². The summed E-state index contributed by atoms with van der Waals surface area (Å²) in [7, 11) is 0. The summed E-state index contributed by atoms with van der Waals surface area (Å²) in [4.78, 5) is 28.5. The first kappa shape index (κ1) is 24.3. The molecule has 0 fully saturated rings. The minimum absolute atomic E-state index is 0.00648. The lowest BCUT2D eigenvalue weighted by Crippen LogP contribution is -2.20. The van der Waals surface area contributed by atoms with E-state index in [2.05, 4.69) is 16.7 Å². The maximum atomic E-state index is 13.3. The molecular weight excluding hydrogens is 477 g/mol. The fourth-order valence-electron chi connectivity index (χ4n) is 3.46. The van der Waals surface area contributed by atoms with Gasteiger partial charge in [0.25, 0.3) is 5.56 Å². The quantitative estimate of drug-likeness (QED) is 0.147. The third-order valence-corrected chi connectivity index (χ3v) is 5.08. The smallest absolute Gasteiger partial charge is 0.416 e. The Morgan fingerprint density at radius 3 is 2.58 bits per heavy atom. The average Bonchev–Trinajstić information content (AvgIpc) is 2.86. The molecular formula is C25H17F3N4O4. The van der Waals surface area contributed by atoms with E-state index in [1.54, 1.807) is 18.2 Å². The molecule has 0 aliphatic rings. The number of alkyl halides is 3. The molecule has 0 radical (unpaired) electrons. The Balaban J connectivity index is 1.94. The number of para-hydroxylation sites is 2. The van der Waals surface area contributed by atoms with Crippen LogP contribution in [0.3, 0.4) is 0 Å². The lowest BCUT2D eigenvalue weighted by Gasteiger charge is -2.12. The van der Waals surface area contributed by atoms with Crippen molar-refractivity contribution >= 4 is 22.8 Å². The summed E-state index contributed by atoms with van der Waals surface area (Å²) in [5.74, 6) is -0.242. The van der Waals surface area contributed by atoms with Crippen molar-refractivity contribution in [1.29, 1.82) is 0 Å². The number of fused-ring (bicyclic) bond motifs is 1. The van der Waals surface area contributed by atoms with Crippen LogP contribution in [0.1, 0.15) is 11.1 Å². The normalized spacial score (nSPS) is 11.6. The summed E-state index contributed by atoms with van der Waals surface area (Å²) < 4.78 is 46.3. The van der Waals surface area contributed by atoms with Crippen LogP contribution in [0, 0.1) is 10.1 Å².